The minimum atomic E-state index is 0.0344. The molecule has 2 aromatic carbocycles. The van der Waals surface area contributed by atoms with Gasteiger partial charge in [0.2, 0.25) is 0 Å². The lowest BCUT2D eigenvalue weighted by atomic mass is 9.96. The van der Waals surface area contributed by atoms with Crippen LogP contribution in [0.2, 0.25) is 0 Å². The van der Waals surface area contributed by atoms with Gasteiger partial charge in [0.1, 0.15) is 0 Å². The summed E-state index contributed by atoms with van der Waals surface area (Å²) in [5.74, 6) is 0.0687. The SMILES string of the molecule is CC(=CC(=O)c1c(C)cc(C)cc1C)NCCCNC(C)=CC(=O)c1c(C)cc(C)cc1C. The van der Waals surface area contributed by atoms with Crippen molar-refractivity contribution in [3.63, 3.8) is 0 Å². The van der Waals surface area contributed by atoms with Crippen LogP contribution in [0.25, 0.3) is 0 Å². The molecule has 176 valence electrons. The van der Waals surface area contributed by atoms with E-state index >= 15 is 0 Å². The molecule has 0 amide bonds. The number of carbonyl (C=O) groups is 2. The van der Waals surface area contributed by atoms with Gasteiger partial charge in [-0.25, -0.2) is 0 Å². The molecule has 0 heterocycles. The van der Waals surface area contributed by atoms with Gasteiger partial charge < -0.3 is 10.6 Å². The molecule has 0 radical (unpaired) electrons. The van der Waals surface area contributed by atoms with Gasteiger partial charge in [0, 0.05) is 47.8 Å². The third-order valence-corrected chi connectivity index (χ3v) is 5.70. The van der Waals surface area contributed by atoms with Gasteiger partial charge in [-0.2, -0.15) is 0 Å². The zero-order valence-corrected chi connectivity index (χ0v) is 21.4. The highest BCUT2D eigenvalue weighted by Gasteiger charge is 2.12. The molecule has 2 rings (SSSR count). The molecule has 0 aliphatic carbocycles. The molecule has 0 atom stereocenters. The van der Waals surface area contributed by atoms with Crippen molar-refractivity contribution in [1.29, 1.82) is 0 Å². The van der Waals surface area contributed by atoms with Crippen molar-refractivity contribution >= 4 is 11.6 Å². The predicted molar refractivity (Wildman–Crippen MR) is 138 cm³/mol. The van der Waals surface area contributed by atoms with Crippen molar-refractivity contribution in [2.24, 2.45) is 0 Å². The Balaban J connectivity index is 1.84. The van der Waals surface area contributed by atoms with Gasteiger partial charge >= 0.3 is 0 Å². The number of aryl methyl sites for hydroxylation is 6. The van der Waals surface area contributed by atoms with Crippen molar-refractivity contribution in [2.45, 2.75) is 61.8 Å². The summed E-state index contributed by atoms with van der Waals surface area (Å²) in [5.41, 5.74) is 9.67. The minimum Gasteiger partial charge on any atom is -0.388 e. The Bertz CT molecular complexity index is 973. The van der Waals surface area contributed by atoms with E-state index in [1.165, 1.54) is 11.1 Å². The standard InChI is InChI=1S/C29H38N2O2/c1-18-12-20(3)28(21(4)13-18)26(32)16-24(7)30-10-9-11-31-25(8)17-27(33)29-22(5)14-19(2)15-23(29)6/h12-17,30-31H,9-11H2,1-8H3. The van der Waals surface area contributed by atoms with Crippen molar-refractivity contribution in [3.8, 4) is 0 Å². The molecule has 2 aromatic rings. The van der Waals surface area contributed by atoms with E-state index in [9.17, 15) is 9.59 Å². The molecule has 0 bridgehead atoms. The van der Waals surface area contributed by atoms with E-state index in [4.69, 9.17) is 0 Å². The average molecular weight is 447 g/mol. The van der Waals surface area contributed by atoms with E-state index in [1.54, 1.807) is 12.2 Å². The van der Waals surface area contributed by atoms with Crippen LogP contribution in [-0.4, -0.2) is 24.7 Å². The van der Waals surface area contributed by atoms with E-state index < -0.39 is 0 Å². The second-order valence-electron chi connectivity index (χ2n) is 9.14. The number of benzene rings is 2. The Morgan fingerprint density at radius 3 is 1.24 bits per heavy atom. The van der Waals surface area contributed by atoms with Crippen LogP contribution in [-0.2, 0) is 0 Å². The molecular formula is C29H38N2O2. The van der Waals surface area contributed by atoms with Crippen LogP contribution in [0.3, 0.4) is 0 Å². The Labute approximate surface area is 199 Å². The smallest absolute Gasteiger partial charge is 0.188 e. The van der Waals surface area contributed by atoms with Crippen molar-refractivity contribution in [1.82, 2.24) is 10.6 Å². The summed E-state index contributed by atoms with van der Waals surface area (Å²) in [4.78, 5) is 25.4. The van der Waals surface area contributed by atoms with Gasteiger partial charge in [-0.15, -0.1) is 0 Å². The Morgan fingerprint density at radius 2 is 0.939 bits per heavy atom. The van der Waals surface area contributed by atoms with E-state index in [0.29, 0.717) is 0 Å². The highest BCUT2D eigenvalue weighted by Crippen LogP contribution is 2.19. The topological polar surface area (TPSA) is 58.2 Å². The quantitative estimate of drug-likeness (QED) is 0.268. The van der Waals surface area contributed by atoms with Crippen LogP contribution in [0.5, 0.6) is 0 Å². The predicted octanol–water partition coefficient (Wildman–Crippen LogP) is 5.98. The molecule has 4 heteroatoms. The maximum Gasteiger partial charge on any atom is 0.188 e. The van der Waals surface area contributed by atoms with Crippen LogP contribution < -0.4 is 10.6 Å². The molecule has 33 heavy (non-hydrogen) atoms. The summed E-state index contributed by atoms with van der Waals surface area (Å²) >= 11 is 0. The number of rotatable bonds is 10. The van der Waals surface area contributed by atoms with Gasteiger partial charge in [0.25, 0.3) is 0 Å². The molecule has 0 saturated heterocycles. The molecule has 4 nitrogen and oxygen atoms in total. The Morgan fingerprint density at radius 1 is 0.636 bits per heavy atom. The van der Waals surface area contributed by atoms with Crippen LogP contribution in [0.1, 0.15) is 74.4 Å². The second-order valence-corrected chi connectivity index (χ2v) is 9.14. The number of hydrogen-bond acceptors (Lipinski definition) is 4. The first-order valence-corrected chi connectivity index (χ1v) is 11.6. The van der Waals surface area contributed by atoms with Crippen molar-refractivity contribution in [2.75, 3.05) is 13.1 Å². The molecule has 0 unspecified atom stereocenters. The van der Waals surface area contributed by atoms with E-state index in [0.717, 1.165) is 64.3 Å². The summed E-state index contributed by atoms with van der Waals surface area (Å²) in [6, 6.07) is 8.18. The van der Waals surface area contributed by atoms with Crippen LogP contribution in [0.15, 0.2) is 47.8 Å². The summed E-state index contributed by atoms with van der Waals surface area (Å²) in [5, 5.41) is 6.62. The first-order valence-electron chi connectivity index (χ1n) is 11.6. The van der Waals surface area contributed by atoms with Crippen molar-refractivity contribution < 1.29 is 9.59 Å². The molecule has 0 aromatic heterocycles. The van der Waals surface area contributed by atoms with Gasteiger partial charge in [0.15, 0.2) is 11.6 Å². The van der Waals surface area contributed by atoms with E-state index in [2.05, 4.69) is 10.6 Å². The minimum absolute atomic E-state index is 0.0344. The maximum atomic E-state index is 12.7. The molecule has 0 saturated carbocycles. The zero-order chi connectivity index (χ0) is 24.7. The number of allylic oxidation sites excluding steroid dienone is 4. The highest BCUT2D eigenvalue weighted by atomic mass is 16.1. The monoisotopic (exact) mass is 446 g/mol. The lowest BCUT2D eigenvalue weighted by Gasteiger charge is -2.11. The number of carbonyl (C=O) groups excluding carboxylic acids is 2. The first-order chi connectivity index (χ1) is 15.5. The van der Waals surface area contributed by atoms with Gasteiger partial charge in [0.05, 0.1) is 0 Å². The fraction of sp³-hybridized carbons (Fsp3) is 0.379. The molecule has 0 fully saturated rings. The fourth-order valence-corrected chi connectivity index (χ4v) is 4.44. The lowest BCUT2D eigenvalue weighted by molar-refractivity contribution is 0.103. The third kappa shape index (κ3) is 7.45. The Kier molecular flexibility index (Phi) is 9.22. The van der Waals surface area contributed by atoms with Crippen LogP contribution in [0.4, 0.5) is 0 Å². The lowest BCUT2D eigenvalue weighted by Crippen LogP contribution is -2.21. The Hall–Kier alpha value is -3.14. The summed E-state index contributed by atoms with van der Waals surface area (Å²) in [6.07, 6.45) is 4.21. The van der Waals surface area contributed by atoms with Crippen LogP contribution >= 0.6 is 0 Å². The summed E-state index contributed by atoms with van der Waals surface area (Å²) in [6.45, 7) is 17.3. The third-order valence-electron chi connectivity index (χ3n) is 5.70. The number of hydrogen-bond donors (Lipinski definition) is 2. The van der Waals surface area contributed by atoms with Gasteiger partial charge in [-0.05, 0) is 84.1 Å². The average Bonchev–Trinajstić information content (AvgIpc) is 2.65. The highest BCUT2D eigenvalue weighted by molar-refractivity contribution is 6.07. The van der Waals surface area contributed by atoms with E-state index in [1.807, 2.05) is 79.7 Å². The molecule has 0 aliphatic heterocycles. The number of ketones is 2. The maximum absolute atomic E-state index is 12.7. The molecule has 0 aliphatic rings. The van der Waals surface area contributed by atoms with Crippen LogP contribution in [0, 0.1) is 41.5 Å². The largest absolute Gasteiger partial charge is 0.388 e. The fourth-order valence-electron chi connectivity index (χ4n) is 4.44. The van der Waals surface area contributed by atoms with Gasteiger partial charge in [-0.1, -0.05) is 35.4 Å². The summed E-state index contributed by atoms with van der Waals surface area (Å²) in [7, 11) is 0. The molecular weight excluding hydrogens is 408 g/mol. The first kappa shape index (κ1) is 26.1. The normalized spacial score (nSPS) is 12.0. The van der Waals surface area contributed by atoms with Crippen molar-refractivity contribution in [3.05, 3.63) is 92.3 Å². The molecule has 2 N–H and O–H groups in total. The summed E-state index contributed by atoms with van der Waals surface area (Å²) < 4.78 is 0. The zero-order valence-electron chi connectivity index (χ0n) is 21.4. The van der Waals surface area contributed by atoms with E-state index in [-0.39, 0.29) is 11.6 Å². The second kappa shape index (κ2) is 11.6. The molecule has 0 spiro atoms. The van der Waals surface area contributed by atoms with Gasteiger partial charge in [-0.3, -0.25) is 9.59 Å². The number of nitrogens with one attached hydrogen (secondary N) is 2.